The number of anilines is 1. The summed E-state index contributed by atoms with van der Waals surface area (Å²) in [4.78, 5) is 26.5. The Hall–Kier alpha value is -2.82. The maximum atomic E-state index is 13.9. The minimum absolute atomic E-state index is 0.0746. The predicted molar refractivity (Wildman–Crippen MR) is 123 cm³/mol. The van der Waals surface area contributed by atoms with E-state index in [9.17, 15) is 9.59 Å². The van der Waals surface area contributed by atoms with Crippen LogP contribution in [0.3, 0.4) is 0 Å². The highest BCUT2D eigenvalue weighted by molar-refractivity contribution is 6.31. The highest BCUT2D eigenvalue weighted by atomic mass is 35.5. The van der Waals surface area contributed by atoms with Gasteiger partial charge in [0.25, 0.3) is 0 Å². The summed E-state index contributed by atoms with van der Waals surface area (Å²) in [6.07, 6.45) is 0.603. The molecule has 2 heterocycles. The second-order valence-electron chi connectivity index (χ2n) is 8.11. The molecule has 3 aromatic rings. The molecule has 3 aromatic carbocycles. The Balaban J connectivity index is 1.91. The van der Waals surface area contributed by atoms with E-state index >= 15 is 0 Å². The average Bonchev–Trinajstić information content (AvgIpc) is 2.94. The number of hydrogen-bond acceptors (Lipinski definition) is 2. The van der Waals surface area contributed by atoms with E-state index in [0.29, 0.717) is 22.2 Å². The molecule has 2 unspecified atom stereocenters. The minimum atomic E-state index is -1.02. The van der Waals surface area contributed by atoms with Crippen LogP contribution in [0.4, 0.5) is 5.69 Å². The molecule has 1 fully saturated rings. The monoisotopic (exact) mass is 450 g/mol. The summed E-state index contributed by atoms with van der Waals surface area (Å²) in [7, 11) is 0. The summed E-state index contributed by atoms with van der Waals surface area (Å²) in [6, 6.07) is 23.0. The minimum Gasteiger partial charge on any atom is -0.355 e. The molecule has 0 radical (unpaired) electrons. The van der Waals surface area contributed by atoms with Gasteiger partial charge in [0, 0.05) is 28.7 Å². The van der Waals surface area contributed by atoms with Gasteiger partial charge < -0.3 is 10.6 Å². The number of nitrogens with one attached hydrogen (secondary N) is 2. The molecule has 0 saturated carbocycles. The Bertz CT molecular complexity index is 1200. The lowest BCUT2D eigenvalue weighted by molar-refractivity contribution is -0.123. The molecule has 6 heteroatoms. The molecule has 2 aliphatic heterocycles. The molecule has 0 aromatic heterocycles. The van der Waals surface area contributed by atoms with E-state index in [-0.39, 0.29) is 24.8 Å². The molecule has 0 bridgehead atoms. The first-order chi connectivity index (χ1) is 15.0. The van der Waals surface area contributed by atoms with Crippen LogP contribution in [0.25, 0.3) is 0 Å². The van der Waals surface area contributed by atoms with E-state index in [4.69, 9.17) is 23.2 Å². The molecular weight excluding hydrogens is 431 g/mol. The second-order valence-corrected chi connectivity index (χ2v) is 8.98. The predicted octanol–water partition coefficient (Wildman–Crippen LogP) is 5.08. The zero-order valence-electron chi connectivity index (χ0n) is 16.6. The zero-order chi connectivity index (χ0) is 21.6. The van der Waals surface area contributed by atoms with E-state index in [2.05, 4.69) is 10.6 Å². The van der Waals surface area contributed by atoms with E-state index in [1.165, 1.54) is 0 Å². The first-order valence-corrected chi connectivity index (χ1v) is 10.9. The van der Waals surface area contributed by atoms with Crippen LogP contribution in [0, 0.1) is 0 Å². The van der Waals surface area contributed by atoms with Crippen molar-refractivity contribution in [1.82, 2.24) is 5.32 Å². The molecule has 5 rings (SSSR count). The van der Waals surface area contributed by atoms with Crippen molar-refractivity contribution in [1.29, 1.82) is 0 Å². The van der Waals surface area contributed by atoms with Gasteiger partial charge in [-0.3, -0.25) is 9.59 Å². The zero-order valence-corrected chi connectivity index (χ0v) is 18.1. The van der Waals surface area contributed by atoms with E-state index < -0.39 is 10.8 Å². The highest BCUT2D eigenvalue weighted by Crippen LogP contribution is 2.57. The Kier molecular flexibility index (Phi) is 4.80. The van der Waals surface area contributed by atoms with Crippen molar-refractivity contribution in [2.45, 2.75) is 23.7 Å². The molecule has 0 aliphatic carbocycles. The highest BCUT2D eigenvalue weighted by Gasteiger charge is 2.63. The number of amides is 2. The van der Waals surface area contributed by atoms with Gasteiger partial charge in [-0.05, 0) is 47.4 Å². The molecule has 156 valence electrons. The van der Waals surface area contributed by atoms with Crippen molar-refractivity contribution < 1.29 is 9.59 Å². The van der Waals surface area contributed by atoms with Crippen molar-refractivity contribution in [3.63, 3.8) is 0 Å². The molecule has 2 atom stereocenters. The SMILES string of the molecule is O=C1CCC2(C(=O)Nc3cc(Cl)ccc32)C(c2ccccc2)(c2cccc(Cl)c2)CN1. The van der Waals surface area contributed by atoms with Gasteiger partial charge >= 0.3 is 0 Å². The van der Waals surface area contributed by atoms with E-state index in [1.807, 2.05) is 60.7 Å². The first-order valence-electron chi connectivity index (χ1n) is 10.2. The number of fused-ring (bicyclic) bond motifs is 2. The topological polar surface area (TPSA) is 58.2 Å². The van der Waals surface area contributed by atoms with Gasteiger partial charge in [-0.2, -0.15) is 0 Å². The fourth-order valence-corrected chi connectivity index (χ4v) is 5.70. The number of hydrogen-bond donors (Lipinski definition) is 2. The van der Waals surface area contributed by atoms with Gasteiger partial charge in [0.1, 0.15) is 0 Å². The number of benzene rings is 3. The maximum Gasteiger partial charge on any atom is 0.236 e. The Morgan fingerprint density at radius 1 is 0.774 bits per heavy atom. The second kappa shape index (κ2) is 7.40. The summed E-state index contributed by atoms with van der Waals surface area (Å²) < 4.78 is 0. The Morgan fingerprint density at radius 3 is 2.29 bits per heavy atom. The summed E-state index contributed by atoms with van der Waals surface area (Å²) in [5.41, 5.74) is 1.48. The number of carbonyl (C=O) groups excluding carboxylic acids is 2. The van der Waals surface area contributed by atoms with Gasteiger partial charge in [0.05, 0.1) is 10.8 Å². The summed E-state index contributed by atoms with van der Waals surface area (Å²) in [6.45, 7) is 0.270. The number of rotatable bonds is 2. The fourth-order valence-electron chi connectivity index (χ4n) is 5.34. The van der Waals surface area contributed by atoms with Crippen molar-refractivity contribution in [3.05, 3.63) is 99.5 Å². The van der Waals surface area contributed by atoms with Crippen LogP contribution in [0.2, 0.25) is 10.0 Å². The molecule has 2 amide bonds. The maximum absolute atomic E-state index is 13.9. The quantitative estimate of drug-likeness (QED) is 0.571. The van der Waals surface area contributed by atoms with Crippen LogP contribution in [0.1, 0.15) is 29.5 Å². The van der Waals surface area contributed by atoms with Crippen LogP contribution < -0.4 is 10.6 Å². The van der Waals surface area contributed by atoms with Gasteiger partial charge in [-0.1, -0.05) is 71.7 Å². The lowest BCUT2D eigenvalue weighted by Crippen LogP contribution is -2.57. The lowest BCUT2D eigenvalue weighted by Gasteiger charge is -2.47. The summed E-state index contributed by atoms with van der Waals surface area (Å²) in [5, 5.41) is 7.26. The lowest BCUT2D eigenvalue weighted by atomic mass is 9.53. The summed E-state index contributed by atoms with van der Waals surface area (Å²) >= 11 is 12.7. The molecule has 1 saturated heterocycles. The molecular formula is C25H20Cl2N2O2. The normalized spacial score (nSPS) is 25.0. The standard InChI is InChI=1S/C25H20Cl2N2O2/c26-18-8-4-7-17(13-18)25(16-5-2-1-3-6-16)15-28-22(30)11-12-24(25)20-10-9-19(27)14-21(20)29-23(24)31/h1-10,13-14H,11-12,15H2,(H,28,30)(H,29,31). The van der Waals surface area contributed by atoms with Gasteiger partial charge in [0.2, 0.25) is 11.8 Å². The Labute approximate surface area is 190 Å². The van der Waals surface area contributed by atoms with Crippen molar-refractivity contribution in [3.8, 4) is 0 Å². The van der Waals surface area contributed by atoms with E-state index in [0.717, 1.165) is 16.7 Å². The van der Waals surface area contributed by atoms with Crippen LogP contribution >= 0.6 is 23.2 Å². The molecule has 2 aliphatic rings. The largest absolute Gasteiger partial charge is 0.355 e. The molecule has 4 nitrogen and oxygen atoms in total. The van der Waals surface area contributed by atoms with Gasteiger partial charge in [0.15, 0.2) is 0 Å². The van der Waals surface area contributed by atoms with Crippen molar-refractivity contribution >= 4 is 40.7 Å². The average molecular weight is 451 g/mol. The third-order valence-electron chi connectivity index (χ3n) is 6.67. The van der Waals surface area contributed by atoms with Crippen LogP contribution in [-0.2, 0) is 20.4 Å². The van der Waals surface area contributed by atoms with Gasteiger partial charge in [-0.25, -0.2) is 0 Å². The molecule has 1 spiro atoms. The van der Waals surface area contributed by atoms with Crippen LogP contribution in [-0.4, -0.2) is 18.4 Å². The van der Waals surface area contributed by atoms with Crippen LogP contribution in [0.15, 0.2) is 72.8 Å². The summed E-state index contributed by atoms with van der Waals surface area (Å²) in [5.74, 6) is -0.209. The fraction of sp³-hybridized carbons (Fsp3) is 0.200. The molecule has 2 N–H and O–H groups in total. The van der Waals surface area contributed by atoms with Crippen molar-refractivity contribution in [2.24, 2.45) is 0 Å². The van der Waals surface area contributed by atoms with Crippen molar-refractivity contribution in [2.75, 3.05) is 11.9 Å². The third-order valence-corrected chi connectivity index (χ3v) is 7.14. The van der Waals surface area contributed by atoms with Gasteiger partial charge in [-0.15, -0.1) is 0 Å². The van der Waals surface area contributed by atoms with E-state index in [1.54, 1.807) is 12.1 Å². The number of halogens is 2. The Morgan fingerprint density at radius 2 is 1.52 bits per heavy atom. The number of carbonyl (C=O) groups is 2. The smallest absolute Gasteiger partial charge is 0.236 e. The van der Waals surface area contributed by atoms with Crippen LogP contribution in [0.5, 0.6) is 0 Å². The third kappa shape index (κ3) is 2.89. The first kappa shape index (κ1) is 20.1. The molecule has 31 heavy (non-hydrogen) atoms.